The third-order valence-corrected chi connectivity index (χ3v) is 4.30. The fourth-order valence-corrected chi connectivity index (χ4v) is 2.87. The molecule has 0 aliphatic heterocycles. The number of benzene rings is 2. The van der Waals surface area contributed by atoms with Crippen molar-refractivity contribution in [1.29, 1.82) is 0 Å². The number of esters is 1. The Morgan fingerprint density at radius 1 is 0.897 bits per heavy atom. The van der Waals surface area contributed by atoms with Gasteiger partial charge in [-0.25, -0.2) is 0 Å². The highest BCUT2D eigenvalue weighted by Gasteiger charge is 2.67. The van der Waals surface area contributed by atoms with Crippen LogP contribution in [-0.2, 0) is 19.5 Å². The molecule has 0 heterocycles. The van der Waals surface area contributed by atoms with Crippen molar-refractivity contribution in [3.05, 3.63) is 71.8 Å². The van der Waals surface area contributed by atoms with Gasteiger partial charge < -0.3 is 4.74 Å². The van der Waals surface area contributed by atoms with Crippen LogP contribution in [0.4, 0.5) is 13.2 Å². The summed E-state index contributed by atoms with van der Waals surface area (Å²) < 4.78 is 56.0. The maximum absolute atomic E-state index is 14.3. The van der Waals surface area contributed by atoms with Crippen LogP contribution in [0.3, 0.4) is 0 Å². The normalized spacial score (nSPS) is 12.8. The van der Waals surface area contributed by atoms with Crippen LogP contribution < -0.4 is 0 Å². The second kappa shape index (κ2) is 11.5. The van der Waals surface area contributed by atoms with Gasteiger partial charge in [0.1, 0.15) is 0 Å². The number of carbonyl (C=O) groups is 2. The largest absolute Gasteiger partial charge is 0.464 e. The van der Waals surface area contributed by atoms with Crippen molar-refractivity contribution in [3.63, 3.8) is 0 Å². The van der Waals surface area contributed by atoms with Gasteiger partial charge in [0.2, 0.25) is 5.41 Å². The van der Waals surface area contributed by atoms with Crippen LogP contribution in [0, 0.1) is 0 Å². The number of unbranched alkanes of at least 4 members (excludes halogenated alkanes) is 2. The molecule has 0 radical (unpaired) electrons. The van der Waals surface area contributed by atoms with Crippen molar-refractivity contribution in [2.75, 3.05) is 6.61 Å². The predicted octanol–water partition coefficient (Wildman–Crippen LogP) is 5.31. The lowest BCUT2D eigenvalue weighted by molar-refractivity contribution is -0.197. The number of alkyl halides is 3. The van der Waals surface area contributed by atoms with Gasteiger partial charge >= 0.3 is 21.3 Å². The highest BCUT2D eigenvalue weighted by molar-refractivity contribution is 7.00. The van der Waals surface area contributed by atoms with E-state index in [4.69, 9.17) is 9.30 Å². The summed E-state index contributed by atoms with van der Waals surface area (Å²) in [5.41, 5.74) is -4.06. The Bertz CT molecular complexity index is 782. The number of hydrogen-bond donors (Lipinski definition) is 0. The Hall–Kier alpha value is -2.53. The Kier molecular flexibility index (Phi) is 9.69. The van der Waals surface area contributed by atoms with Crippen molar-refractivity contribution >= 4 is 20.9 Å². The van der Waals surface area contributed by atoms with Crippen LogP contribution in [0.15, 0.2) is 60.7 Å². The summed E-state index contributed by atoms with van der Waals surface area (Å²) >= 11 is 0. The summed E-state index contributed by atoms with van der Waals surface area (Å²) in [5, 5.41) is 0. The first-order valence-electron chi connectivity index (χ1n) is 8.98. The molecule has 2 aromatic carbocycles. The minimum absolute atomic E-state index is 0.167. The Morgan fingerprint density at radius 2 is 1.41 bits per heavy atom. The maximum atomic E-state index is 14.3. The first-order valence-corrected chi connectivity index (χ1v) is 9.45. The molecule has 2 atom stereocenters. The Morgan fingerprint density at radius 3 is 1.90 bits per heavy atom. The Balaban J connectivity index is 0.00000204. The van der Waals surface area contributed by atoms with Gasteiger partial charge in [-0.1, -0.05) is 85.0 Å². The van der Waals surface area contributed by atoms with Crippen LogP contribution in [0.2, 0.25) is 0 Å². The van der Waals surface area contributed by atoms with Crippen LogP contribution in [0.1, 0.15) is 42.1 Å². The molecule has 0 saturated heterocycles. The smallest absolute Gasteiger partial charge is 0.416 e. The molecule has 29 heavy (non-hydrogen) atoms. The molecule has 0 saturated carbocycles. The van der Waals surface area contributed by atoms with Gasteiger partial charge in [0.05, 0.1) is 6.61 Å². The van der Waals surface area contributed by atoms with E-state index in [1.54, 1.807) is 6.07 Å². The van der Waals surface area contributed by atoms with Crippen molar-refractivity contribution in [2.24, 2.45) is 0 Å². The molecule has 0 N–H and O–H groups in total. The topological polar surface area (TPSA) is 60.4 Å². The number of ether oxygens (including phenoxy) is 1. The first kappa shape index (κ1) is 24.5. The number of carbonyl (C=O) groups excluding carboxylic acids is 2. The lowest BCUT2D eigenvalue weighted by atomic mass is 9.73. The number of rotatable bonds is 8. The summed E-state index contributed by atoms with van der Waals surface area (Å²) in [5.74, 6) is -2.94. The molecule has 0 aliphatic rings. The minimum Gasteiger partial charge on any atom is -0.464 e. The molecule has 0 aliphatic carbocycles. The highest BCUT2D eigenvalue weighted by Crippen LogP contribution is 2.44. The zero-order valence-corrected chi connectivity index (χ0v) is 17.1. The molecule has 4 nitrogen and oxygen atoms in total. The molecular formula is C21H23F3O4P+. The number of hydrogen-bond acceptors (Lipinski definition) is 4. The van der Waals surface area contributed by atoms with E-state index >= 15 is 0 Å². The zero-order chi connectivity index (χ0) is 21.9. The molecule has 156 valence electrons. The number of Topliss-reactive ketones (excluding diaryl/α,β-unsaturated/α-hetero) is 1. The average Bonchev–Trinajstić information content (AvgIpc) is 2.73. The maximum Gasteiger partial charge on any atom is 0.416 e. The summed E-state index contributed by atoms with van der Waals surface area (Å²) in [6.07, 6.45) is -3.19. The molecule has 0 bridgehead atoms. The van der Waals surface area contributed by atoms with Gasteiger partial charge in [0.15, 0.2) is 5.78 Å². The van der Waals surface area contributed by atoms with Gasteiger partial charge in [-0.05, 0) is 12.0 Å². The molecule has 2 unspecified atom stereocenters. The summed E-state index contributed by atoms with van der Waals surface area (Å²) in [7, 11) is 1.17. The van der Waals surface area contributed by atoms with E-state index in [1.165, 1.54) is 51.6 Å². The summed E-state index contributed by atoms with van der Waals surface area (Å²) in [4.78, 5) is 25.8. The molecule has 2 rings (SSSR count). The lowest BCUT2D eigenvalue weighted by Gasteiger charge is -2.32. The van der Waals surface area contributed by atoms with Crippen molar-refractivity contribution in [1.82, 2.24) is 0 Å². The minimum atomic E-state index is -5.16. The second-order valence-corrected chi connectivity index (χ2v) is 6.15. The van der Waals surface area contributed by atoms with E-state index in [2.05, 4.69) is 0 Å². The quantitative estimate of drug-likeness (QED) is 0.188. The molecular weight excluding hydrogens is 404 g/mol. The number of halogens is 3. The van der Waals surface area contributed by atoms with E-state index in [-0.39, 0.29) is 12.2 Å². The molecule has 0 amide bonds. The predicted molar refractivity (Wildman–Crippen MR) is 106 cm³/mol. The molecule has 0 aromatic heterocycles. The second-order valence-electron chi connectivity index (χ2n) is 6.15. The van der Waals surface area contributed by atoms with Gasteiger partial charge in [0, 0.05) is 5.56 Å². The lowest BCUT2D eigenvalue weighted by Crippen LogP contribution is -2.56. The summed E-state index contributed by atoms with van der Waals surface area (Å²) in [6, 6.07) is 13.5. The third kappa shape index (κ3) is 5.51. The first-order chi connectivity index (χ1) is 13.9. The molecule has 0 fully saturated rings. The fraction of sp³-hybridized carbons (Fsp3) is 0.333. The van der Waals surface area contributed by atoms with E-state index in [0.717, 1.165) is 18.6 Å². The molecule has 8 heteroatoms. The van der Waals surface area contributed by atoms with Gasteiger partial charge in [-0.3, -0.25) is 9.59 Å². The highest BCUT2D eigenvalue weighted by atomic mass is 31.0. The van der Waals surface area contributed by atoms with E-state index in [9.17, 15) is 22.8 Å². The van der Waals surface area contributed by atoms with Crippen molar-refractivity contribution < 1.29 is 32.1 Å². The summed E-state index contributed by atoms with van der Waals surface area (Å²) in [6.45, 7) is 1.75. The monoisotopic (exact) mass is 427 g/mol. The van der Waals surface area contributed by atoms with Crippen LogP contribution >= 0.6 is 9.12 Å². The van der Waals surface area contributed by atoms with E-state index in [1.807, 2.05) is 6.92 Å². The SMILES string of the molecule is CCCCCOC(=O)C(C(=O)c1ccccc1)(c1ccccc1)C(F)(F)F.O=[PH2+]. The van der Waals surface area contributed by atoms with Crippen molar-refractivity contribution in [2.45, 2.75) is 37.8 Å². The van der Waals surface area contributed by atoms with Gasteiger partial charge in [-0.2, -0.15) is 13.2 Å². The van der Waals surface area contributed by atoms with E-state index < -0.39 is 28.9 Å². The van der Waals surface area contributed by atoms with Crippen LogP contribution in [0.5, 0.6) is 0 Å². The number of ketones is 1. The van der Waals surface area contributed by atoms with Crippen LogP contribution in [-0.4, -0.2) is 24.5 Å². The van der Waals surface area contributed by atoms with Gasteiger partial charge in [-0.15, -0.1) is 0 Å². The van der Waals surface area contributed by atoms with E-state index in [0.29, 0.717) is 12.8 Å². The van der Waals surface area contributed by atoms with Crippen molar-refractivity contribution in [3.8, 4) is 0 Å². The fourth-order valence-electron chi connectivity index (χ4n) is 2.87. The van der Waals surface area contributed by atoms with Crippen LogP contribution in [0.25, 0.3) is 0 Å². The standard InChI is InChI=1S/C21H21F3O3.H2OP/c1-2-3-10-15-27-19(26)20(21(22,23)24,17-13-8-5-9-14-17)18(25)16-11-6-4-7-12-16;1-2/h4-9,11-14H,2-3,10,15H2,1H3;2H2/q;+1. The Labute approximate surface area is 169 Å². The third-order valence-electron chi connectivity index (χ3n) is 4.30. The van der Waals surface area contributed by atoms with Gasteiger partial charge in [0.25, 0.3) is 0 Å². The average molecular weight is 427 g/mol. The zero-order valence-electron chi connectivity index (χ0n) is 15.9. The molecule has 2 aromatic rings. The molecule has 0 spiro atoms.